The second-order valence-corrected chi connectivity index (χ2v) is 4.28. The first-order valence-electron chi connectivity index (χ1n) is 6.10. The fourth-order valence-electron chi connectivity index (χ4n) is 1.79. The van der Waals surface area contributed by atoms with Gasteiger partial charge in [0.25, 0.3) is 5.91 Å². The van der Waals surface area contributed by atoms with Crippen LogP contribution >= 0.6 is 0 Å². The second-order valence-electron chi connectivity index (χ2n) is 4.28. The summed E-state index contributed by atoms with van der Waals surface area (Å²) in [5.74, 6) is -2.86. The van der Waals surface area contributed by atoms with E-state index < -0.39 is 17.5 Å². The van der Waals surface area contributed by atoms with Crippen molar-refractivity contribution in [2.45, 2.75) is 6.54 Å². The van der Waals surface area contributed by atoms with Crippen molar-refractivity contribution >= 4 is 11.6 Å². The number of anilines is 1. The molecule has 20 heavy (non-hydrogen) atoms. The number of hydrogen-bond donors (Lipinski definition) is 2. The maximum Gasteiger partial charge on any atom is 0.258 e. The number of benzene rings is 2. The smallest absolute Gasteiger partial charge is 0.258 e. The Bertz CT molecular complexity index is 612. The summed E-state index contributed by atoms with van der Waals surface area (Å²) >= 11 is 0. The lowest BCUT2D eigenvalue weighted by Crippen LogP contribution is -2.14. The average molecular weight is 276 g/mol. The van der Waals surface area contributed by atoms with E-state index in [4.69, 9.17) is 0 Å². The van der Waals surface area contributed by atoms with Crippen LogP contribution in [0.25, 0.3) is 0 Å². The van der Waals surface area contributed by atoms with Gasteiger partial charge in [-0.2, -0.15) is 0 Å². The molecule has 0 heterocycles. The lowest BCUT2D eigenvalue weighted by molar-refractivity contribution is 0.102. The van der Waals surface area contributed by atoms with Crippen LogP contribution in [0.5, 0.6) is 0 Å². The highest BCUT2D eigenvalue weighted by atomic mass is 19.2. The van der Waals surface area contributed by atoms with E-state index in [1.807, 2.05) is 19.2 Å². The third-order valence-corrected chi connectivity index (χ3v) is 2.79. The third-order valence-electron chi connectivity index (χ3n) is 2.79. The first kappa shape index (κ1) is 14.1. The summed E-state index contributed by atoms with van der Waals surface area (Å²) < 4.78 is 26.5. The molecule has 2 aromatic carbocycles. The van der Waals surface area contributed by atoms with Gasteiger partial charge in [-0.1, -0.05) is 18.2 Å². The van der Waals surface area contributed by atoms with Gasteiger partial charge in [0.2, 0.25) is 0 Å². The average Bonchev–Trinajstić information content (AvgIpc) is 2.44. The molecule has 0 fully saturated rings. The SMILES string of the molecule is CNCc1ccc(NC(=O)c2cccc(F)c2F)cc1. The number of rotatable bonds is 4. The highest BCUT2D eigenvalue weighted by Gasteiger charge is 2.14. The molecule has 0 radical (unpaired) electrons. The zero-order valence-corrected chi connectivity index (χ0v) is 10.9. The van der Waals surface area contributed by atoms with Crippen LogP contribution in [-0.4, -0.2) is 13.0 Å². The lowest BCUT2D eigenvalue weighted by Gasteiger charge is -2.07. The lowest BCUT2D eigenvalue weighted by atomic mass is 10.1. The van der Waals surface area contributed by atoms with Crippen molar-refractivity contribution in [1.29, 1.82) is 0 Å². The molecule has 0 spiro atoms. The predicted molar refractivity (Wildman–Crippen MR) is 73.5 cm³/mol. The molecule has 2 aromatic rings. The number of nitrogens with one attached hydrogen (secondary N) is 2. The molecule has 0 unspecified atom stereocenters. The maximum absolute atomic E-state index is 13.5. The van der Waals surface area contributed by atoms with Crippen LogP contribution in [0.2, 0.25) is 0 Å². The minimum atomic E-state index is -1.14. The molecule has 2 N–H and O–H groups in total. The van der Waals surface area contributed by atoms with Gasteiger partial charge in [-0.25, -0.2) is 8.78 Å². The van der Waals surface area contributed by atoms with Crippen molar-refractivity contribution < 1.29 is 13.6 Å². The fraction of sp³-hybridized carbons (Fsp3) is 0.133. The molecule has 0 atom stereocenters. The summed E-state index contributed by atoms with van der Waals surface area (Å²) in [6, 6.07) is 10.6. The van der Waals surface area contributed by atoms with Crippen molar-refractivity contribution in [2.24, 2.45) is 0 Å². The van der Waals surface area contributed by atoms with Crippen LogP contribution in [0, 0.1) is 11.6 Å². The molecule has 0 saturated heterocycles. The number of amides is 1. The Balaban J connectivity index is 2.13. The molecule has 104 valence electrons. The molecular weight excluding hydrogens is 262 g/mol. The van der Waals surface area contributed by atoms with E-state index in [1.54, 1.807) is 12.1 Å². The topological polar surface area (TPSA) is 41.1 Å². The van der Waals surface area contributed by atoms with E-state index in [2.05, 4.69) is 10.6 Å². The van der Waals surface area contributed by atoms with Crippen LogP contribution in [0.1, 0.15) is 15.9 Å². The molecule has 0 bridgehead atoms. The monoisotopic (exact) mass is 276 g/mol. The van der Waals surface area contributed by atoms with E-state index in [-0.39, 0.29) is 5.56 Å². The molecule has 0 aromatic heterocycles. The zero-order chi connectivity index (χ0) is 14.5. The van der Waals surface area contributed by atoms with Crippen LogP contribution in [-0.2, 0) is 6.54 Å². The summed E-state index contributed by atoms with van der Waals surface area (Å²) in [5.41, 5.74) is 1.27. The van der Waals surface area contributed by atoms with E-state index >= 15 is 0 Å². The Morgan fingerprint density at radius 2 is 1.80 bits per heavy atom. The molecule has 2 rings (SSSR count). The molecule has 1 amide bonds. The summed E-state index contributed by atoms with van der Waals surface area (Å²) in [5, 5.41) is 5.53. The van der Waals surface area contributed by atoms with Gasteiger partial charge in [0.15, 0.2) is 11.6 Å². The van der Waals surface area contributed by atoms with Crippen LogP contribution in [0.15, 0.2) is 42.5 Å². The minimum absolute atomic E-state index is 0.315. The van der Waals surface area contributed by atoms with Crippen molar-refractivity contribution in [3.8, 4) is 0 Å². The Morgan fingerprint density at radius 3 is 2.45 bits per heavy atom. The van der Waals surface area contributed by atoms with Gasteiger partial charge >= 0.3 is 0 Å². The van der Waals surface area contributed by atoms with E-state index in [0.717, 1.165) is 11.6 Å². The van der Waals surface area contributed by atoms with Gasteiger partial charge in [0, 0.05) is 12.2 Å². The summed E-state index contributed by atoms with van der Waals surface area (Å²) in [4.78, 5) is 11.9. The maximum atomic E-state index is 13.5. The fourth-order valence-corrected chi connectivity index (χ4v) is 1.79. The molecule has 3 nitrogen and oxygen atoms in total. The second kappa shape index (κ2) is 6.25. The van der Waals surface area contributed by atoms with Crippen LogP contribution < -0.4 is 10.6 Å². The number of carbonyl (C=O) groups is 1. The number of hydrogen-bond acceptors (Lipinski definition) is 2. The van der Waals surface area contributed by atoms with E-state index in [0.29, 0.717) is 12.2 Å². The predicted octanol–water partition coefficient (Wildman–Crippen LogP) is 2.94. The first-order chi connectivity index (χ1) is 9.61. The van der Waals surface area contributed by atoms with Gasteiger partial charge in [-0.05, 0) is 36.9 Å². The third kappa shape index (κ3) is 3.19. The highest BCUT2D eigenvalue weighted by Crippen LogP contribution is 2.15. The Kier molecular flexibility index (Phi) is 4.42. The zero-order valence-electron chi connectivity index (χ0n) is 10.9. The standard InChI is InChI=1S/C15H14F2N2O/c1-18-9-10-5-7-11(8-6-10)19-15(20)12-3-2-4-13(16)14(12)17/h2-8,18H,9H2,1H3,(H,19,20). The van der Waals surface area contributed by atoms with Gasteiger partial charge in [0.1, 0.15) is 0 Å². The number of carbonyl (C=O) groups excluding carboxylic acids is 1. The van der Waals surface area contributed by atoms with Gasteiger partial charge < -0.3 is 10.6 Å². The largest absolute Gasteiger partial charge is 0.322 e. The first-order valence-corrected chi connectivity index (χ1v) is 6.10. The Labute approximate surface area is 115 Å². The van der Waals surface area contributed by atoms with Gasteiger partial charge in [-0.15, -0.1) is 0 Å². The molecule has 0 aliphatic rings. The van der Waals surface area contributed by atoms with Crippen molar-refractivity contribution in [1.82, 2.24) is 5.32 Å². The minimum Gasteiger partial charge on any atom is -0.322 e. The Morgan fingerprint density at radius 1 is 1.10 bits per heavy atom. The molecule has 0 aliphatic carbocycles. The molecule has 0 saturated carbocycles. The van der Waals surface area contributed by atoms with Gasteiger partial charge in [0.05, 0.1) is 5.56 Å². The Hall–Kier alpha value is -2.27. The van der Waals surface area contributed by atoms with Crippen molar-refractivity contribution in [2.75, 3.05) is 12.4 Å². The van der Waals surface area contributed by atoms with Crippen LogP contribution in [0.4, 0.5) is 14.5 Å². The molecular formula is C15H14F2N2O. The van der Waals surface area contributed by atoms with E-state index in [9.17, 15) is 13.6 Å². The summed E-state index contributed by atoms with van der Waals surface area (Å²) in [6.45, 7) is 0.715. The quantitative estimate of drug-likeness (QED) is 0.901. The summed E-state index contributed by atoms with van der Waals surface area (Å²) in [6.07, 6.45) is 0. The highest BCUT2D eigenvalue weighted by molar-refractivity contribution is 6.04. The molecule has 0 aliphatic heterocycles. The van der Waals surface area contributed by atoms with Crippen molar-refractivity contribution in [3.63, 3.8) is 0 Å². The van der Waals surface area contributed by atoms with E-state index in [1.165, 1.54) is 12.1 Å². The van der Waals surface area contributed by atoms with Gasteiger partial charge in [-0.3, -0.25) is 4.79 Å². The molecule has 5 heteroatoms. The normalized spacial score (nSPS) is 10.3. The number of halogens is 2. The van der Waals surface area contributed by atoms with Crippen molar-refractivity contribution in [3.05, 3.63) is 65.2 Å². The summed E-state index contributed by atoms with van der Waals surface area (Å²) in [7, 11) is 1.84. The van der Waals surface area contributed by atoms with Crippen LogP contribution in [0.3, 0.4) is 0 Å².